The van der Waals surface area contributed by atoms with Gasteiger partial charge in [0.15, 0.2) is 0 Å². The van der Waals surface area contributed by atoms with Gasteiger partial charge in [0.05, 0.1) is 26.6 Å². The fourth-order valence-electron chi connectivity index (χ4n) is 1.61. The maximum atomic E-state index is 12.3. The van der Waals surface area contributed by atoms with Gasteiger partial charge in [0.2, 0.25) is 0 Å². The molecule has 0 radical (unpaired) electrons. The molecule has 0 aromatic heterocycles. The van der Waals surface area contributed by atoms with Gasteiger partial charge >= 0.3 is 0 Å². The van der Waals surface area contributed by atoms with Gasteiger partial charge in [0.25, 0.3) is 11.6 Å². The van der Waals surface area contributed by atoms with Crippen LogP contribution in [0.25, 0.3) is 0 Å². The molecule has 0 saturated heterocycles. The highest BCUT2D eigenvalue weighted by Gasteiger charge is 2.23. The molecule has 1 aromatic carbocycles. The second kappa shape index (κ2) is 7.08. The molecule has 0 aliphatic rings. The number of halogens is 2. The minimum Gasteiger partial charge on any atom is -0.325 e. The molecule has 1 amide bonds. The highest BCUT2D eigenvalue weighted by Crippen LogP contribution is 2.31. The number of amides is 1. The molecule has 0 fully saturated rings. The summed E-state index contributed by atoms with van der Waals surface area (Å²) in [4.78, 5) is 23.7. The van der Waals surface area contributed by atoms with Crippen molar-refractivity contribution < 1.29 is 9.72 Å². The van der Waals surface area contributed by atoms with E-state index in [0.29, 0.717) is 13.0 Å². The fraction of sp³-hybridized carbons (Fsp3) is 0.333. The van der Waals surface area contributed by atoms with E-state index >= 15 is 0 Å². The summed E-state index contributed by atoms with van der Waals surface area (Å²) in [5, 5.41) is 19.4. The van der Waals surface area contributed by atoms with Crippen molar-refractivity contribution in [3.8, 4) is 6.07 Å². The Morgan fingerprint density at radius 2 is 2.15 bits per heavy atom. The molecule has 6 nitrogen and oxygen atoms in total. The Hall–Kier alpha value is -1.84. The number of hydrogen-bond donors (Lipinski definition) is 0. The number of nitriles is 1. The van der Waals surface area contributed by atoms with Crippen molar-refractivity contribution in [1.29, 1.82) is 5.26 Å². The summed E-state index contributed by atoms with van der Waals surface area (Å²) in [5.74, 6) is -0.552. The molecule has 106 valence electrons. The zero-order chi connectivity index (χ0) is 15.3. The Kier molecular flexibility index (Phi) is 5.74. The van der Waals surface area contributed by atoms with Crippen LogP contribution >= 0.6 is 23.2 Å². The first-order chi connectivity index (χ1) is 9.42. The summed E-state index contributed by atoms with van der Waals surface area (Å²) >= 11 is 11.7. The van der Waals surface area contributed by atoms with Crippen molar-refractivity contribution >= 4 is 34.8 Å². The van der Waals surface area contributed by atoms with Crippen LogP contribution in [0.15, 0.2) is 12.1 Å². The lowest BCUT2D eigenvalue weighted by Crippen LogP contribution is -2.32. The lowest BCUT2D eigenvalue weighted by atomic mass is 10.1. The van der Waals surface area contributed by atoms with Crippen molar-refractivity contribution in [2.75, 3.05) is 13.1 Å². The zero-order valence-corrected chi connectivity index (χ0v) is 12.1. The van der Waals surface area contributed by atoms with Crippen molar-refractivity contribution in [3.63, 3.8) is 0 Å². The molecule has 0 bridgehead atoms. The average molecular weight is 316 g/mol. The molecule has 1 rings (SSSR count). The number of benzene rings is 1. The van der Waals surface area contributed by atoms with Crippen molar-refractivity contribution in [1.82, 2.24) is 4.90 Å². The molecule has 0 saturated carbocycles. The van der Waals surface area contributed by atoms with E-state index in [1.807, 2.05) is 13.0 Å². The minimum atomic E-state index is -0.659. The maximum Gasteiger partial charge on any atom is 0.271 e. The van der Waals surface area contributed by atoms with Crippen LogP contribution in [0.3, 0.4) is 0 Å². The van der Waals surface area contributed by atoms with E-state index in [0.717, 1.165) is 12.1 Å². The van der Waals surface area contributed by atoms with Crippen LogP contribution in [0.5, 0.6) is 0 Å². The maximum absolute atomic E-state index is 12.3. The second-order valence-corrected chi connectivity index (χ2v) is 4.72. The van der Waals surface area contributed by atoms with E-state index in [-0.39, 0.29) is 27.8 Å². The highest BCUT2D eigenvalue weighted by molar-refractivity contribution is 6.44. The normalized spacial score (nSPS) is 9.90. The number of hydrogen-bond acceptors (Lipinski definition) is 4. The lowest BCUT2D eigenvalue weighted by molar-refractivity contribution is -0.384. The number of carbonyl (C=O) groups is 1. The largest absolute Gasteiger partial charge is 0.325 e. The SMILES string of the molecule is CCCN(CC#N)C(=O)c1cc([N+](=O)[O-])cc(Cl)c1Cl. The molecule has 0 N–H and O–H groups in total. The summed E-state index contributed by atoms with van der Waals surface area (Å²) < 4.78 is 0. The fourth-order valence-corrected chi connectivity index (χ4v) is 2.02. The van der Waals surface area contributed by atoms with Gasteiger partial charge in [-0.15, -0.1) is 0 Å². The van der Waals surface area contributed by atoms with Gasteiger partial charge in [-0.05, 0) is 6.42 Å². The van der Waals surface area contributed by atoms with Crippen LogP contribution in [0.2, 0.25) is 10.0 Å². The predicted octanol–water partition coefficient (Wildman–Crippen LogP) is 3.28. The molecule has 8 heteroatoms. The molecule has 1 aromatic rings. The number of carbonyl (C=O) groups excluding carboxylic acids is 1. The number of nitrogens with zero attached hydrogens (tertiary/aromatic N) is 3. The predicted molar refractivity (Wildman–Crippen MR) is 74.9 cm³/mol. The number of rotatable bonds is 5. The lowest BCUT2D eigenvalue weighted by Gasteiger charge is -2.19. The third-order valence-electron chi connectivity index (χ3n) is 2.50. The molecule has 0 spiro atoms. The average Bonchev–Trinajstić information content (AvgIpc) is 2.40. The van der Waals surface area contributed by atoms with Gasteiger partial charge < -0.3 is 4.90 Å². The summed E-state index contributed by atoms with van der Waals surface area (Å²) in [5.41, 5.74) is -0.397. The Balaban J connectivity index is 3.26. The summed E-state index contributed by atoms with van der Waals surface area (Å²) in [6.45, 7) is 2.08. The van der Waals surface area contributed by atoms with Crippen LogP contribution in [-0.2, 0) is 0 Å². The Morgan fingerprint density at radius 1 is 1.50 bits per heavy atom. The van der Waals surface area contributed by atoms with Gasteiger partial charge in [-0.3, -0.25) is 14.9 Å². The minimum absolute atomic E-state index is 0.0543. The zero-order valence-electron chi connectivity index (χ0n) is 10.6. The number of non-ortho nitro benzene ring substituents is 1. The Bertz CT molecular complexity index is 584. The van der Waals surface area contributed by atoms with Crippen LogP contribution in [0.1, 0.15) is 23.7 Å². The molecule has 20 heavy (non-hydrogen) atoms. The van der Waals surface area contributed by atoms with E-state index in [1.165, 1.54) is 4.90 Å². The van der Waals surface area contributed by atoms with Crippen molar-refractivity contribution in [2.24, 2.45) is 0 Å². The van der Waals surface area contributed by atoms with E-state index < -0.39 is 10.8 Å². The Morgan fingerprint density at radius 3 is 2.65 bits per heavy atom. The molecule has 0 unspecified atom stereocenters. The van der Waals surface area contributed by atoms with Gasteiger partial charge in [-0.1, -0.05) is 30.1 Å². The molecular weight excluding hydrogens is 305 g/mol. The standard InChI is InChI=1S/C12H11Cl2N3O3/c1-2-4-16(5-3-15)12(18)9-6-8(17(19)20)7-10(13)11(9)14/h6-7H,2,4-5H2,1H3. The van der Waals surface area contributed by atoms with E-state index in [4.69, 9.17) is 28.5 Å². The third-order valence-corrected chi connectivity index (χ3v) is 3.30. The molecule has 0 aliphatic carbocycles. The molecule has 0 atom stereocenters. The third kappa shape index (κ3) is 3.59. The van der Waals surface area contributed by atoms with Gasteiger partial charge in [0, 0.05) is 18.7 Å². The highest BCUT2D eigenvalue weighted by atomic mass is 35.5. The smallest absolute Gasteiger partial charge is 0.271 e. The van der Waals surface area contributed by atoms with Crippen LogP contribution in [-0.4, -0.2) is 28.8 Å². The molecule has 0 aliphatic heterocycles. The summed E-state index contributed by atoms with van der Waals surface area (Å²) in [6, 6.07) is 4.01. The van der Waals surface area contributed by atoms with E-state index in [2.05, 4.69) is 0 Å². The van der Waals surface area contributed by atoms with Gasteiger partial charge in [0.1, 0.15) is 6.54 Å². The van der Waals surface area contributed by atoms with Gasteiger partial charge in [-0.2, -0.15) is 5.26 Å². The van der Waals surface area contributed by atoms with Gasteiger partial charge in [-0.25, -0.2) is 0 Å². The second-order valence-electron chi connectivity index (χ2n) is 3.93. The van der Waals surface area contributed by atoms with Crippen molar-refractivity contribution in [3.05, 3.63) is 37.9 Å². The first kappa shape index (κ1) is 16.2. The number of nitro benzene ring substituents is 1. The first-order valence-corrected chi connectivity index (χ1v) is 6.47. The first-order valence-electron chi connectivity index (χ1n) is 5.72. The topological polar surface area (TPSA) is 87.2 Å². The Labute approximate surface area is 125 Å². The quantitative estimate of drug-likeness (QED) is 0.474. The van der Waals surface area contributed by atoms with Crippen molar-refractivity contribution in [2.45, 2.75) is 13.3 Å². The summed E-state index contributed by atoms with van der Waals surface area (Å²) in [7, 11) is 0. The number of nitro groups is 1. The molecule has 0 heterocycles. The molecular formula is C12H11Cl2N3O3. The van der Waals surface area contributed by atoms with Crippen LogP contribution in [0.4, 0.5) is 5.69 Å². The van der Waals surface area contributed by atoms with E-state index in [9.17, 15) is 14.9 Å². The summed E-state index contributed by atoms with van der Waals surface area (Å²) in [6.07, 6.45) is 0.647. The van der Waals surface area contributed by atoms with Crippen LogP contribution < -0.4 is 0 Å². The monoisotopic (exact) mass is 315 g/mol. The van der Waals surface area contributed by atoms with Crippen LogP contribution in [0, 0.1) is 21.4 Å². The van der Waals surface area contributed by atoms with E-state index in [1.54, 1.807) is 0 Å².